The van der Waals surface area contributed by atoms with Gasteiger partial charge in [0, 0.05) is 62.9 Å². The molecule has 1 fully saturated rings. The first-order valence-electron chi connectivity index (χ1n) is 10.2. The monoisotopic (exact) mass is 434 g/mol. The van der Waals surface area contributed by atoms with E-state index in [1.165, 1.54) is 28.2 Å². The average Bonchev–Trinajstić information content (AvgIpc) is 3.30. The van der Waals surface area contributed by atoms with Crippen LogP contribution in [0.15, 0.2) is 34.5 Å². The summed E-state index contributed by atoms with van der Waals surface area (Å²) in [6, 6.07) is 10.2. The zero-order chi connectivity index (χ0) is 20.6. The Balaban J connectivity index is 1.57. The van der Waals surface area contributed by atoms with Crippen LogP contribution >= 0.6 is 11.3 Å². The number of benzene rings is 1. The molecule has 1 aromatic carbocycles. The number of fused-ring (bicyclic) bond motifs is 1. The van der Waals surface area contributed by atoms with Crippen LogP contribution in [0.3, 0.4) is 0 Å². The van der Waals surface area contributed by atoms with Gasteiger partial charge in [0.05, 0.1) is 0 Å². The van der Waals surface area contributed by atoms with Gasteiger partial charge in [-0.25, -0.2) is 13.1 Å². The predicted octanol–water partition coefficient (Wildman–Crippen LogP) is 2.32. The fourth-order valence-corrected chi connectivity index (χ4v) is 6.57. The number of rotatable bonds is 6. The molecule has 29 heavy (non-hydrogen) atoms. The molecule has 2 aliphatic rings. The minimum atomic E-state index is -3.49. The summed E-state index contributed by atoms with van der Waals surface area (Å²) >= 11 is 1.32. The molecule has 0 saturated carbocycles. The molecule has 158 valence electrons. The van der Waals surface area contributed by atoms with E-state index in [2.05, 4.69) is 51.7 Å². The van der Waals surface area contributed by atoms with Gasteiger partial charge in [-0.1, -0.05) is 12.1 Å². The van der Waals surface area contributed by atoms with Crippen LogP contribution in [0.5, 0.6) is 0 Å². The summed E-state index contributed by atoms with van der Waals surface area (Å²) in [5.74, 6) is 0. The number of hydrogen-bond donors (Lipinski definition) is 1. The minimum Gasteiger partial charge on any atom is -0.374 e. The number of nitrogens with zero attached hydrogens (tertiary/aromatic N) is 3. The minimum absolute atomic E-state index is 0.0377. The van der Waals surface area contributed by atoms with E-state index in [0.717, 1.165) is 44.0 Å². The molecule has 2 aromatic rings. The van der Waals surface area contributed by atoms with Gasteiger partial charge in [0.1, 0.15) is 4.21 Å². The van der Waals surface area contributed by atoms with Gasteiger partial charge in [-0.3, -0.25) is 4.90 Å². The zero-order valence-corrected chi connectivity index (χ0v) is 19.0. The second-order valence-corrected chi connectivity index (χ2v) is 11.4. The number of sulfonamides is 1. The summed E-state index contributed by atoms with van der Waals surface area (Å²) in [5, 5.41) is 0. The smallest absolute Gasteiger partial charge is 0.250 e. The predicted molar refractivity (Wildman–Crippen MR) is 119 cm³/mol. The molecule has 6 nitrogen and oxygen atoms in total. The Morgan fingerprint density at radius 3 is 2.52 bits per heavy atom. The summed E-state index contributed by atoms with van der Waals surface area (Å²) < 4.78 is 28.9. The summed E-state index contributed by atoms with van der Waals surface area (Å²) in [6.07, 6.45) is 1.05. The van der Waals surface area contributed by atoms with Gasteiger partial charge in [0.2, 0.25) is 10.0 Å². The van der Waals surface area contributed by atoms with Crippen molar-refractivity contribution >= 4 is 27.0 Å². The topological polar surface area (TPSA) is 55.9 Å². The van der Waals surface area contributed by atoms with Crippen LogP contribution in [0.2, 0.25) is 0 Å². The number of thiophene rings is 1. The number of hydrogen-bond acceptors (Lipinski definition) is 6. The fourth-order valence-electron chi connectivity index (χ4n) is 4.20. The highest BCUT2D eigenvalue weighted by Crippen LogP contribution is 2.32. The van der Waals surface area contributed by atoms with E-state index in [1.807, 2.05) is 13.0 Å². The molecule has 1 aromatic heterocycles. The Kier molecular flexibility index (Phi) is 5.99. The highest BCUT2D eigenvalue weighted by molar-refractivity contribution is 7.91. The van der Waals surface area contributed by atoms with E-state index in [0.29, 0.717) is 10.8 Å². The van der Waals surface area contributed by atoms with E-state index < -0.39 is 10.0 Å². The first-order valence-corrected chi connectivity index (χ1v) is 12.5. The van der Waals surface area contributed by atoms with Crippen LogP contribution in [0.4, 0.5) is 5.69 Å². The van der Waals surface area contributed by atoms with Crippen LogP contribution in [-0.2, 0) is 16.4 Å². The first-order chi connectivity index (χ1) is 13.8. The lowest BCUT2D eigenvalue weighted by Crippen LogP contribution is -2.48. The van der Waals surface area contributed by atoms with Crippen molar-refractivity contribution in [2.24, 2.45) is 0 Å². The molecule has 0 amide bonds. The van der Waals surface area contributed by atoms with Crippen LogP contribution in [0.25, 0.3) is 0 Å². The van der Waals surface area contributed by atoms with Gasteiger partial charge < -0.3 is 9.80 Å². The van der Waals surface area contributed by atoms with E-state index in [9.17, 15) is 8.42 Å². The molecule has 0 bridgehead atoms. The van der Waals surface area contributed by atoms with Crippen molar-refractivity contribution < 1.29 is 8.42 Å². The van der Waals surface area contributed by atoms with Crippen molar-refractivity contribution in [2.45, 2.75) is 23.6 Å². The number of piperazine rings is 1. The normalized spacial score (nSPS) is 19.5. The van der Waals surface area contributed by atoms with Gasteiger partial charge in [-0.05, 0) is 49.7 Å². The van der Waals surface area contributed by atoms with Crippen molar-refractivity contribution in [3.63, 3.8) is 0 Å². The number of nitrogens with one attached hydrogen (secondary N) is 1. The van der Waals surface area contributed by atoms with Crippen molar-refractivity contribution in [1.82, 2.24) is 14.5 Å². The summed E-state index contributed by atoms with van der Waals surface area (Å²) in [4.78, 5) is 8.03. The summed E-state index contributed by atoms with van der Waals surface area (Å²) in [6.45, 7) is 7.25. The second kappa shape index (κ2) is 8.35. The zero-order valence-electron chi connectivity index (χ0n) is 17.4. The van der Waals surface area contributed by atoms with E-state index >= 15 is 0 Å². The van der Waals surface area contributed by atoms with E-state index in [1.54, 1.807) is 6.07 Å². The second-order valence-electron chi connectivity index (χ2n) is 8.13. The Labute approximate surface area is 178 Å². The highest BCUT2D eigenvalue weighted by atomic mass is 32.2. The Morgan fingerprint density at radius 1 is 1.07 bits per heavy atom. The van der Waals surface area contributed by atoms with Crippen LogP contribution in [0, 0.1) is 6.92 Å². The van der Waals surface area contributed by atoms with Crippen molar-refractivity contribution in [1.29, 1.82) is 0 Å². The van der Waals surface area contributed by atoms with Crippen molar-refractivity contribution in [3.05, 3.63) is 46.3 Å². The maximum absolute atomic E-state index is 12.8. The average molecular weight is 435 g/mol. The molecule has 1 saturated heterocycles. The van der Waals surface area contributed by atoms with Gasteiger partial charge in [-0.15, -0.1) is 11.3 Å². The maximum Gasteiger partial charge on any atom is 0.250 e. The van der Waals surface area contributed by atoms with Gasteiger partial charge >= 0.3 is 0 Å². The standard InChI is InChI=1S/C21H30N4O2S2/c1-16-4-7-21(28-16)29(26,27)22-15-20(25-12-10-23(2)11-13-25)17-5-6-19-18(14-17)8-9-24(19)3/h4-7,14,20,22H,8-13,15H2,1-3H3/t20-/m0/s1. The lowest BCUT2D eigenvalue weighted by molar-refractivity contribution is 0.113. The van der Waals surface area contributed by atoms with Crippen LogP contribution in [0.1, 0.15) is 22.0 Å². The molecule has 8 heteroatoms. The van der Waals surface area contributed by atoms with Gasteiger partial charge in [0.15, 0.2) is 0 Å². The maximum atomic E-state index is 12.8. The largest absolute Gasteiger partial charge is 0.374 e. The third kappa shape index (κ3) is 4.51. The van der Waals surface area contributed by atoms with Crippen molar-refractivity contribution in [3.8, 4) is 0 Å². The third-order valence-corrected chi connectivity index (χ3v) is 8.96. The molecular weight excluding hydrogens is 404 g/mol. The molecule has 2 aliphatic heterocycles. The molecule has 0 unspecified atom stereocenters. The SMILES string of the molecule is Cc1ccc(S(=O)(=O)NC[C@@H](c2ccc3c(c2)CCN3C)N2CCN(C)CC2)s1. The quantitative estimate of drug-likeness (QED) is 0.756. The van der Waals surface area contributed by atoms with Gasteiger partial charge in [-0.2, -0.15) is 0 Å². The molecular formula is C21H30N4O2S2. The molecule has 3 heterocycles. The Bertz CT molecular complexity index is 965. The molecule has 0 radical (unpaired) electrons. The number of anilines is 1. The van der Waals surface area contributed by atoms with Crippen LogP contribution < -0.4 is 9.62 Å². The lowest BCUT2D eigenvalue weighted by atomic mass is 10.0. The van der Waals surface area contributed by atoms with Crippen LogP contribution in [-0.4, -0.2) is 71.6 Å². The molecule has 1 atom stereocenters. The van der Waals surface area contributed by atoms with Crippen molar-refractivity contribution in [2.75, 3.05) is 58.3 Å². The van der Waals surface area contributed by atoms with Gasteiger partial charge in [0.25, 0.3) is 0 Å². The molecule has 0 spiro atoms. The summed E-state index contributed by atoms with van der Waals surface area (Å²) in [7, 11) is 0.775. The number of aryl methyl sites for hydroxylation is 1. The Hall–Kier alpha value is -1.45. The van der Waals surface area contributed by atoms with E-state index in [-0.39, 0.29) is 6.04 Å². The molecule has 0 aliphatic carbocycles. The highest BCUT2D eigenvalue weighted by Gasteiger charge is 2.28. The number of likely N-dealkylation sites (N-methyl/N-ethyl adjacent to an activating group) is 2. The Morgan fingerprint density at radius 2 is 1.83 bits per heavy atom. The first kappa shape index (κ1) is 20.8. The van der Waals surface area contributed by atoms with E-state index in [4.69, 9.17) is 0 Å². The lowest BCUT2D eigenvalue weighted by Gasteiger charge is -2.38. The molecule has 4 rings (SSSR count). The fraction of sp³-hybridized carbons (Fsp3) is 0.524. The molecule has 1 N–H and O–H groups in total. The summed E-state index contributed by atoms with van der Waals surface area (Å²) in [5.41, 5.74) is 3.86. The third-order valence-electron chi connectivity index (χ3n) is 6.04.